The zero-order valence-corrected chi connectivity index (χ0v) is 12.2. The molecule has 0 heterocycles. The van der Waals surface area contributed by atoms with E-state index in [1.165, 1.54) is 6.07 Å². The lowest BCUT2D eigenvalue weighted by Gasteiger charge is -2.11. The highest BCUT2D eigenvalue weighted by Crippen LogP contribution is 2.24. The number of anilines is 1. The molecule has 0 aromatic heterocycles. The first-order valence-corrected chi connectivity index (χ1v) is 6.88. The number of rotatable bonds is 5. The summed E-state index contributed by atoms with van der Waals surface area (Å²) in [5, 5.41) is 12.2. The van der Waals surface area contributed by atoms with E-state index in [0.29, 0.717) is 28.7 Å². The van der Waals surface area contributed by atoms with Crippen molar-refractivity contribution in [3.63, 3.8) is 0 Å². The summed E-state index contributed by atoms with van der Waals surface area (Å²) in [7, 11) is 0. The van der Waals surface area contributed by atoms with Crippen molar-refractivity contribution in [2.75, 3.05) is 11.9 Å². The molecule has 0 saturated heterocycles. The van der Waals surface area contributed by atoms with E-state index in [1.54, 1.807) is 36.4 Å². The van der Waals surface area contributed by atoms with Crippen molar-refractivity contribution in [2.45, 2.75) is 6.42 Å². The molecular weight excluding hydrogens is 325 g/mol. The Kier molecular flexibility index (Phi) is 4.74. The van der Waals surface area contributed by atoms with E-state index in [-0.39, 0.29) is 11.4 Å². The van der Waals surface area contributed by atoms with Crippen molar-refractivity contribution in [3.05, 3.63) is 63.9 Å². The fraction of sp³-hybridized carbons (Fsp3) is 0.133. The van der Waals surface area contributed by atoms with Crippen LogP contribution in [0.25, 0.3) is 0 Å². The maximum Gasteiger partial charge on any atom is 0.338 e. The van der Waals surface area contributed by atoms with Crippen LogP contribution in [0, 0.1) is 5.82 Å². The summed E-state index contributed by atoms with van der Waals surface area (Å²) in [6.07, 6.45) is 0.484. The Morgan fingerprint density at radius 1 is 1.20 bits per heavy atom. The van der Waals surface area contributed by atoms with Crippen molar-refractivity contribution in [2.24, 2.45) is 0 Å². The summed E-state index contributed by atoms with van der Waals surface area (Å²) in [6.45, 7) is 0.456. The van der Waals surface area contributed by atoms with Gasteiger partial charge in [-0.3, -0.25) is 0 Å². The lowest BCUT2D eigenvalue weighted by molar-refractivity contribution is 0.0697. The molecule has 2 aromatic rings. The molecule has 0 unspecified atom stereocenters. The van der Waals surface area contributed by atoms with Gasteiger partial charge in [0.2, 0.25) is 0 Å². The minimum atomic E-state index is -1.01. The number of nitrogens with one attached hydrogen (secondary N) is 1. The maximum absolute atomic E-state index is 13.5. The van der Waals surface area contributed by atoms with Crippen LogP contribution in [0.2, 0.25) is 0 Å². The van der Waals surface area contributed by atoms with Gasteiger partial charge >= 0.3 is 5.97 Å². The molecule has 5 heteroatoms. The third-order valence-corrected chi connectivity index (χ3v) is 3.56. The standard InChI is InChI=1S/C15H13BrFNO2/c16-11-5-3-7-13(14(11)15(19)20)18-9-8-10-4-1-2-6-12(10)17/h1-7,18H,8-9H2,(H,19,20). The van der Waals surface area contributed by atoms with Gasteiger partial charge in [0.15, 0.2) is 0 Å². The summed E-state index contributed by atoms with van der Waals surface area (Å²) in [6, 6.07) is 11.7. The Morgan fingerprint density at radius 3 is 2.65 bits per heavy atom. The molecule has 0 aliphatic rings. The highest BCUT2D eigenvalue weighted by atomic mass is 79.9. The van der Waals surface area contributed by atoms with E-state index in [0.717, 1.165) is 0 Å². The molecular formula is C15H13BrFNO2. The zero-order chi connectivity index (χ0) is 14.5. The first-order valence-electron chi connectivity index (χ1n) is 6.08. The Hall–Kier alpha value is -1.88. The van der Waals surface area contributed by atoms with E-state index in [4.69, 9.17) is 0 Å². The molecule has 2 N–H and O–H groups in total. The largest absolute Gasteiger partial charge is 0.478 e. The van der Waals surface area contributed by atoms with E-state index in [9.17, 15) is 14.3 Å². The zero-order valence-electron chi connectivity index (χ0n) is 10.6. The fourth-order valence-corrected chi connectivity index (χ4v) is 2.46. The second kappa shape index (κ2) is 6.52. The Bertz CT molecular complexity index is 631. The molecule has 0 radical (unpaired) electrons. The molecule has 0 aliphatic heterocycles. The summed E-state index contributed by atoms with van der Waals surface area (Å²) < 4.78 is 14.0. The van der Waals surface area contributed by atoms with Crippen LogP contribution in [0.3, 0.4) is 0 Å². The lowest BCUT2D eigenvalue weighted by Crippen LogP contribution is -2.10. The van der Waals surface area contributed by atoms with Gasteiger partial charge in [-0.15, -0.1) is 0 Å². The number of benzene rings is 2. The highest BCUT2D eigenvalue weighted by molar-refractivity contribution is 9.10. The topological polar surface area (TPSA) is 49.3 Å². The Morgan fingerprint density at radius 2 is 1.95 bits per heavy atom. The monoisotopic (exact) mass is 337 g/mol. The quantitative estimate of drug-likeness (QED) is 0.868. The Balaban J connectivity index is 2.07. The maximum atomic E-state index is 13.5. The van der Waals surface area contributed by atoms with Crippen LogP contribution in [0.5, 0.6) is 0 Å². The van der Waals surface area contributed by atoms with E-state index in [1.807, 2.05) is 0 Å². The number of carbonyl (C=O) groups is 1. The van der Waals surface area contributed by atoms with Gasteiger partial charge in [0.25, 0.3) is 0 Å². The van der Waals surface area contributed by atoms with E-state index < -0.39 is 5.97 Å². The van der Waals surface area contributed by atoms with Crippen LogP contribution in [0.4, 0.5) is 10.1 Å². The van der Waals surface area contributed by atoms with Crippen LogP contribution < -0.4 is 5.32 Å². The normalized spacial score (nSPS) is 10.3. The molecule has 20 heavy (non-hydrogen) atoms. The predicted octanol–water partition coefficient (Wildman–Crippen LogP) is 3.94. The van der Waals surface area contributed by atoms with Crippen LogP contribution in [0.15, 0.2) is 46.9 Å². The molecule has 0 saturated carbocycles. The SMILES string of the molecule is O=C(O)c1c(Br)cccc1NCCc1ccccc1F. The van der Waals surface area contributed by atoms with Crippen LogP contribution in [-0.4, -0.2) is 17.6 Å². The highest BCUT2D eigenvalue weighted by Gasteiger charge is 2.13. The molecule has 0 spiro atoms. The predicted molar refractivity (Wildman–Crippen MR) is 79.7 cm³/mol. The molecule has 0 aliphatic carbocycles. The van der Waals surface area contributed by atoms with Gasteiger partial charge < -0.3 is 10.4 Å². The van der Waals surface area contributed by atoms with Gasteiger partial charge in [-0.2, -0.15) is 0 Å². The Labute approximate surface area is 124 Å². The molecule has 0 atom stereocenters. The third-order valence-electron chi connectivity index (χ3n) is 2.90. The average Bonchev–Trinajstić information content (AvgIpc) is 2.40. The number of halogens is 2. The number of aromatic carboxylic acids is 1. The van der Waals surface area contributed by atoms with Crippen LogP contribution in [-0.2, 0) is 6.42 Å². The number of hydrogen-bond donors (Lipinski definition) is 2. The second-order valence-corrected chi connectivity index (χ2v) is 5.09. The minimum absolute atomic E-state index is 0.182. The summed E-state index contributed by atoms with van der Waals surface area (Å²) >= 11 is 3.22. The van der Waals surface area contributed by atoms with Crippen LogP contribution in [0.1, 0.15) is 15.9 Å². The van der Waals surface area contributed by atoms with Gasteiger partial charge in [-0.05, 0) is 46.1 Å². The summed E-state index contributed by atoms with van der Waals surface area (Å²) in [5.74, 6) is -1.26. The minimum Gasteiger partial charge on any atom is -0.478 e. The van der Waals surface area contributed by atoms with Gasteiger partial charge in [-0.1, -0.05) is 24.3 Å². The first kappa shape index (κ1) is 14.5. The third kappa shape index (κ3) is 3.36. The van der Waals surface area contributed by atoms with Gasteiger partial charge in [0, 0.05) is 16.7 Å². The molecule has 0 bridgehead atoms. The van der Waals surface area contributed by atoms with Crippen LogP contribution >= 0.6 is 15.9 Å². The number of carboxylic acid groups (broad SMARTS) is 1. The van der Waals surface area contributed by atoms with Gasteiger partial charge in [0.05, 0.1) is 5.56 Å². The first-order chi connectivity index (χ1) is 9.59. The van der Waals surface area contributed by atoms with E-state index >= 15 is 0 Å². The fourth-order valence-electron chi connectivity index (χ4n) is 1.92. The molecule has 0 amide bonds. The molecule has 0 fully saturated rings. The number of hydrogen-bond acceptors (Lipinski definition) is 2. The second-order valence-electron chi connectivity index (χ2n) is 4.24. The van der Waals surface area contributed by atoms with E-state index in [2.05, 4.69) is 21.2 Å². The average molecular weight is 338 g/mol. The van der Waals surface area contributed by atoms with Gasteiger partial charge in [0.1, 0.15) is 5.82 Å². The summed E-state index contributed by atoms with van der Waals surface area (Å²) in [4.78, 5) is 11.2. The molecule has 3 nitrogen and oxygen atoms in total. The molecule has 104 valence electrons. The van der Waals surface area contributed by atoms with Crippen molar-refractivity contribution >= 4 is 27.6 Å². The number of carboxylic acids is 1. The van der Waals surface area contributed by atoms with Crippen molar-refractivity contribution < 1.29 is 14.3 Å². The smallest absolute Gasteiger partial charge is 0.338 e. The molecule has 2 aromatic carbocycles. The van der Waals surface area contributed by atoms with Crippen molar-refractivity contribution in [3.8, 4) is 0 Å². The van der Waals surface area contributed by atoms with Crippen molar-refractivity contribution in [1.82, 2.24) is 0 Å². The lowest BCUT2D eigenvalue weighted by atomic mass is 10.1. The molecule has 2 rings (SSSR count). The summed E-state index contributed by atoms with van der Waals surface area (Å²) in [5.41, 5.74) is 1.30. The van der Waals surface area contributed by atoms with Gasteiger partial charge in [-0.25, -0.2) is 9.18 Å². The van der Waals surface area contributed by atoms with Crippen molar-refractivity contribution in [1.29, 1.82) is 0 Å².